The molecule has 3 rings (SSSR count). The molecule has 2 aromatic carbocycles. The summed E-state index contributed by atoms with van der Waals surface area (Å²) in [5.74, 6) is 0.864. The molecule has 25 heavy (non-hydrogen) atoms. The summed E-state index contributed by atoms with van der Waals surface area (Å²) in [6.45, 7) is 1.98. The van der Waals surface area contributed by atoms with Gasteiger partial charge in [0.25, 0.3) is 5.22 Å². The number of aryl methyl sites for hydroxylation is 1. The Morgan fingerprint density at radius 2 is 2.04 bits per heavy atom. The minimum Gasteiger partial charge on any atom is -0.411 e. The van der Waals surface area contributed by atoms with Crippen LogP contribution in [0, 0.1) is 6.92 Å². The molecule has 0 aliphatic carbocycles. The fraction of sp³-hybridized carbons (Fsp3) is 0.167. The highest BCUT2D eigenvalue weighted by Crippen LogP contribution is 2.28. The van der Waals surface area contributed by atoms with Gasteiger partial charge in [-0.25, -0.2) is 0 Å². The van der Waals surface area contributed by atoms with Crippen molar-refractivity contribution in [2.24, 2.45) is 0 Å². The number of rotatable bonds is 6. The molecule has 1 aromatic heterocycles. The molecular formula is C18H16ClN3O2S. The van der Waals surface area contributed by atoms with E-state index >= 15 is 0 Å². The van der Waals surface area contributed by atoms with Gasteiger partial charge in [-0.05, 0) is 36.8 Å². The van der Waals surface area contributed by atoms with Gasteiger partial charge in [-0.2, -0.15) is 0 Å². The number of hydrogen-bond donors (Lipinski definition) is 1. The topological polar surface area (TPSA) is 68.0 Å². The summed E-state index contributed by atoms with van der Waals surface area (Å²) in [7, 11) is 0. The van der Waals surface area contributed by atoms with Gasteiger partial charge in [0.2, 0.25) is 11.8 Å². The summed E-state index contributed by atoms with van der Waals surface area (Å²) in [6, 6.07) is 15.0. The smallest absolute Gasteiger partial charge is 0.276 e. The third-order valence-corrected chi connectivity index (χ3v) is 4.52. The SMILES string of the molecule is Cc1cccc(NC(=O)CCSc2nnc(-c3ccccc3Cl)o2)c1. The number of anilines is 1. The van der Waals surface area contributed by atoms with E-state index in [1.807, 2.05) is 49.4 Å². The Hall–Kier alpha value is -2.31. The third kappa shape index (κ3) is 4.84. The second-order valence-electron chi connectivity index (χ2n) is 5.37. The molecule has 0 bridgehead atoms. The monoisotopic (exact) mass is 373 g/mol. The first-order chi connectivity index (χ1) is 12.1. The van der Waals surface area contributed by atoms with E-state index in [9.17, 15) is 4.79 Å². The normalized spacial score (nSPS) is 10.6. The average molecular weight is 374 g/mol. The molecule has 0 aliphatic heterocycles. The molecule has 0 radical (unpaired) electrons. The average Bonchev–Trinajstić information content (AvgIpc) is 3.04. The maximum atomic E-state index is 12.0. The highest BCUT2D eigenvalue weighted by atomic mass is 35.5. The van der Waals surface area contributed by atoms with E-state index in [1.54, 1.807) is 6.07 Å². The molecule has 0 saturated carbocycles. The zero-order chi connectivity index (χ0) is 17.6. The van der Waals surface area contributed by atoms with E-state index in [0.29, 0.717) is 33.9 Å². The van der Waals surface area contributed by atoms with E-state index in [0.717, 1.165) is 11.3 Å². The van der Waals surface area contributed by atoms with Crippen molar-refractivity contribution in [2.75, 3.05) is 11.1 Å². The second kappa shape index (κ2) is 8.18. The highest BCUT2D eigenvalue weighted by molar-refractivity contribution is 7.99. The molecule has 5 nitrogen and oxygen atoms in total. The van der Waals surface area contributed by atoms with Crippen LogP contribution in [0.25, 0.3) is 11.5 Å². The van der Waals surface area contributed by atoms with Crippen molar-refractivity contribution in [3.8, 4) is 11.5 Å². The molecule has 0 spiro atoms. The maximum Gasteiger partial charge on any atom is 0.276 e. The van der Waals surface area contributed by atoms with Gasteiger partial charge in [-0.3, -0.25) is 4.79 Å². The molecule has 0 fully saturated rings. The first-order valence-corrected chi connectivity index (χ1v) is 9.06. The molecule has 1 N–H and O–H groups in total. The molecule has 1 heterocycles. The first-order valence-electron chi connectivity index (χ1n) is 7.69. The Labute approximate surface area is 154 Å². The van der Waals surface area contributed by atoms with Crippen LogP contribution in [0.3, 0.4) is 0 Å². The number of benzene rings is 2. The maximum absolute atomic E-state index is 12.0. The van der Waals surface area contributed by atoms with Gasteiger partial charge in [0.05, 0.1) is 10.6 Å². The van der Waals surface area contributed by atoms with Crippen LogP contribution in [0.4, 0.5) is 5.69 Å². The zero-order valence-electron chi connectivity index (χ0n) is 13.5. The van der Waals surface area contributed by atoms with Crippen molar-refractivity contribution >= 4 is 35.0 Å². The number of nitrogens with one attached hydrogen (secondary N) is 1. The van der Waals surface area contributed by atoms with Crippen molar-refractivity contribution in [3.05, 3.63) is 59.1 Å². The summed E-state index contributed by atoms with van der Waals surface area (Å²) in [6.07, 6.45) is 0.350. The van der Waals surface area contributed by atoms with Crippen LogP contribution in [0.1, 0.15) is 12.0 Å². The Balaban J connectivity index is 1.51. The molecule has 1 amide bonds. The lowest BCUT2D eigenvalue weighted by molar-refractivity contribution is -0.115. The zero-order valence-corrected chi connectivity index (χ0v) is 15.1. The molecule has 0 saturated heterocycles. The Kier molecular flexibility index (Phi) is 5.73. The predicted molar refractivity (Wildman–Crippen MR) is 99.9 cm³/mol. The third-order valence-electron chi connectivity index (χ3n) is 3.37. The van der Waals surface area contributed by atoms with Crippen LogP contribution in [-0.4, -0.2) is 21.9 Å². The van der Waals surface area contributed by atoms with Gasteiger partial charge < -0.3 is 9.73 Å². The minimum atomic E-state index is -0.0519. The molecule has 0 unspecified atom stereocenters. The summed E-state index contributed by atoms with van der Waals surface area (Å²) < 4.78 is 5.59. The van der Waals surface area contributed by atoms with Crippen LogP contribution in [-0.2, 0) is 4.79 Å². The molecule has 0 aliphatic rings. The summed E-state index contributed by atoms with van der Waals surface area (Å²) in [4.78, 5) is 12.0. The first kappa shape index (κ1) is 17.5. The fourth-order valence-electron chi connectivity index (χ4n) is 2.19. The van der Waals surface area contributed by atoms with Crippen LogP contribution < -0.4 is 5.32 Å². The fourth-order valence-corrected chi connectivity index (χ4v) is 3.10. The Bertz CT molecular complexity index is 882. The van der Waals surface area contributed by atoms with Crippen LogP contribution >= 0.6 is 23.4 Å². The van der Waals surface area contributed by atoms with E-state index in [1.165, 1.54) is 11.8 Å². The number of amides is 1. The number of aromatic nitrogens is 2. The summed E-state index contributed by atoms with van der Waals surface area (Å²) >= 11 is 7.45. The Morgan fingerprint density at radius 3 is 2.84 bits per heavy atom. The van der Waals surface area contributed by atoms with Gasteiger partial charge in [0.1, 0.15) is 0 Å². The number of carbonyl (C=O) groups excluding carboxylic acids is 1. The minimum absolute atomic E-state index is 0.0519. The lowest BCUT2D eigenvalue weighted by Crippen LogP contribution is -2.12. The molecule has 128 valence electrons. The van der Waals surface area contributed by atoms with Gasteiger partial charge in [0.15, 0.2) is 0 Å². The van der Waals surface area contributed by atoms with E-state index < -0.39 is 0 Å². The quantitative estimate of drug-likeness (QED) is 0.627. The number of carbonyl (C=O) groups is 1. The Morgan fingerprint density at radius 1 is 1.20 bits per heavy atom. The molecular weight excluding hydrogens is 358 g/mol. The van der Waals surface area contributed by atoms with Crippen LogP contribution in [0.15, 0.2) is 58.2 Å². The van der Waals surface area contributed by atoms with E-state index in [4.69, 9.17) is 16.0 Å². The van der Waals surface area contributed by atoms with Gasteiger partial charge >= 0.3 is 0 Å². The van der Waals surface area contributed by atoms with Crippen LogP contribution in [0.2, 0.25) is 5.02 Å². The lowest BCUT2D eigenvalue weighted by Gasteiger charge is -2.05. The number of hydrogen-bond acceptors (Lipinski definition) is 5. The number of nitrogens with zero attached hydrogens (tertiary/aromatic N) is 2. The molecule has 0 atom stereocenters. The van der Waals surface area contributed by atoms with Gasteiger partial charge in [0, 0.05) is 17.9 Å². The summed E-state index contributed by atoms with van der Waals surface area (Å²) in [5.41, 5.74) is 2.60. The van der Waals surface area contributed by atoms with Crippen molar-refractivity contribution in [1.29, 1.82) is 0 Å². The van der Waals surface area contributed by atoms with Crippen molar-refractivity contribution in [3.63, 3.8) is 0 Å². The van der Waals surface area contributed by atoms with E-state index in [-0.39, 0.29) is 5.91 Å². The van der Waals surface area contributed by atoms with Gasteiger partial charge in [-0.15, -0.1) is 10.2 Å². The highest BCUT2D eigenvalue weighted by Gasteiger charge is 2.12. The largest absolute Gasteiger partial charge is 0.411 e. The standard InChI is InChI=1S/C18H16ClN3O2S/c1-12-5-4-6-13(11-12)20-16(23)9-10-25-18-22-21-17(24-18)14-7-2-3-8-15(14)19/h2-8,11H,9-10H2,1H3,(H,20,23). The van der Waals surface area contributed by atoms with E-state index in [2.05, 4.69) is 15.5 Å². The van der Waals surface area contributed by atoms with Crippen molar-refractivity contribution < 1.29 is 9.21 Å². The molecule has 3 aromatic rings. The number of halogens is 1. The van der Waals surface area contributed by atoms with Crippen LogP contribution in [0.5, 0.6) is 0 Å². The van der Waals surface area contributed by atoms with Crippen molar-refractivity contribution in [2.45, 2.75) is 18.6 Å². The lowest BCUT2D eigenvalue weighted by atomic mass is 10.2. The van der Waals surface area contributed by atoms with Gasteiger partial charge in [-0.1, -0.05) is 47.6 Å². The number of thioether (sulfide) groups is 1. The second-order valence-corrected chi connectivity index (χ2v) is 6.82. The van der Waals surface area contributed by atoms with Crippen molar-refractivity contribution in [1.82, 2.24) is 10.2 Å². The molecule has 7 heteroatoms. The summed E-state index contributed by atoms with van der Waals surface area (Å²) in [5, 5.41) is 11.8. The predicted octanol–water partition coefficient (Wildman–Crippen LogP) is 4.82.